The number of fused-ring (bicyclic) bond motifs is 1. The number of pyridine rings is 1. The van der Waals surface area contributed by atoms with E-state index >= 15 is 0 Å². The van der Waals surface area contributed by atoms with Crippen molar-refractivity contribution in [3.8, 4) is 5.75 Å². The van der Waals surface area contributed by atoms with Gasteiger partial charge in [0.05, 0.1) is 18.0 Å². The lowest BCUT2D eigenvalue weighted by molar-refractivity contribution is 0.281. The van der Waals surface area contributed by atoms with Gasteiger partial charge in [-0.05, 0) is 42.8 Å². The molecule has 2 N–H and O–H groups in total. The van der Waals surface area contributed by atoms with Crippen LogP contribution >= 0.6 is 0 Å². The molecule has 0 radical (unpaired) electrons. The van der Waals surface area contributed by atoms with E-state index in [1.54, 1.807) is 34.9 Å². The van der Waals surface area contributed by atoms with Gasteiger partial charge in [0.25, 0.3) is 0 Å². The molecule has 106 valence electrons. The van der Waals surface area contributed by atoms with Crippen molar-refractivity contribution in [3.05, 3.63) is 53.9 Å². The van der Waals surface area contributed by atoms with Crippen LogP contribution in [-0.4, -0.2) is 19.6 Å². The molecular weight excluding hydrogens is 268 g/mol. The largest absolute Gasteiger partial charge is 0.508 e. The monoisotopic (exact) mass is 282 g/mol. The second-order valence-corrected chi connectivity index (χ2v) is 4.66. The molecule has 6 nitrogen and oxygen atoms in total. The summed E-state index contributed by atoms with van der Waals surface area (Å²) in [4.78, 5) is 4.40. The normalized spacial score (nSPS) is 11.5. The lowest BCUT2D eigenvalue weighted by Crippen LogP contribution is -1.89. The average Bonchev–Trinajstić information content (AvgIpc) is 2.81. The number of imidazole rings is 1. The molecule has 0 spiro atoms. The van der Waals surface area contributed by atoms with E-state index < -0.39 is 0 Å². The Kier molecular flexibility index (Phi) is 3.37. The first kappa shape index (κ1) is 13.3. The zero-order valence-electron chi connectivity index (χ0n) is 11.4. The molecule has 1 aromatic carbocycles. The number of aliphatic hydroxyl groups is 1. The third kappa shape index (κ3) is 2.61. The van der Waals surface area contributed by atoms with E-state index in [1.165, 1.54) is 0 Å². The number of aromatic hydroxyl groups is 1. The number of rotatable bonds is 3. The Morgan fingerprint density at radius 2 is 1.86 bits per heavy atom. The molecule has 6 heteroatoms. The molecule has 0 aliphatic rings. The highest BCUT2D eigenvalue weighted by molar-refractivity contribution is 5.52. The van der Waals surface area contributed by atoms with Gasteiger partial charge >= 0.3 is 0 Å². The molecule has 3 rings (SSSR count). The van der Waals surface area contributed by atoms with Crippen molar-refractivity contribution in [2.75, 3.05) is 0 Å². The van der Waals surface area contributed by atoms with Crippen LogP contribution < -0.4 is 0 Å². The van der Waals surface area contributed by atoms with Crippen LogP contribution in [0.2, 0.25) is 0 Å². The zero-order chi connectivity index (χ0) is 14.8. The van der Waals surface area contributed by atoms with Crippen molar-refractivity contribution in [1.29, 1.82) is 0 Å². The van der Waals surface area contributed by atoms with E-state index in [1.807, 2.05) is 19.1 Å². The minimum atomic E-state index is -0.0400. The third-order valence-corrected chi connectivity index (χ3v) is 3.11. The predicted octanol–water partition coefficient (Wildman–Crippen LogP) is 3.26. The van der Waals surface area contributed by atoms with Crippen LogP contribution in [-0.2, 0) is 6.61 Å². The number of benzene rings is 1. The van der Waals surface area contributed by atoms with Crippen molar-refractivity contribution in [2.24, 2.45) is 10.2 Å². The SMILES string of the molecule is Cc1nc2ccc(CO)cn2c1N=Nc1ccc(O)cc1. The summed E-state index contributed by atoms with van der Waals surface area (Å²) < 4.78 is 1.80. The molecule has 0 saturated heterocycles. The number of nitrogens with zero attached hydrogens (tertiary/aromatic N) is 4. The predicted molar refractivity (Wildman–Crippen MR) is 78.1 cm³/mol. The molecule has 0 fully saturated rings. The maximum absolute atomic E-state index is 9.24. The fraction of sp³-hybridized carbons (Fsp3) is 0.133. The average molecular weight is 282 g/mol. The Balaban J connectivity index is 2.03. The van der Waals surface area contributed by atoms with Crippen LogP contribution in [0.25, 0.3) is 5.65 Å². The fourth-order valence-electron chi connectivity index (χ4n) is 2.03. The van der Waals surface area contributed by atoms with E-state index in [0.29, 0.717) is 11.5 Å². The molecule has 0 aliphatic heterocycles. The number of phenols is 1. The summed E-state index contributed by atoms with van der Waals surface area (Å²) in [7, 11) is 0. The molecule has 0 bridgehead atoms. The molecule has 2 aromatic heterocycles. The Labute approximate surface area is 121 Å². The van der Waals surface area contributed by atoms with Crippen molar-refractivity contribution in [3.63, 3.8) is 0 Å². The van der Waals surface area contributed by atoms with Gasteiger partial charge in [0.15, 0.2) is 5.82 Å². The van der Waals surface area contributed by atoms with Crippen molar-refractivity contribution >= 4 is 17.2 Å². The van der Waals surface area contributed by atoms with E-state index in [0.717, 1.165) is 16.9 Å². The van der Waals surface area contributed by atoms with Gasteiger partial charge in [0.2, 0.25) is 0 Å². The van der Waals surface area contributed by atoms with Crippen molar-refractivity contribution < 1.29 is 10.2 Å². The summed E-state index contributed by atoms with van der Waals surface area (Å²) in [6.45, 7) is 1.82. The van der Waals surface area contributed by atoms with E-state index in [9.17, 15) is 10.2 Å². The highest BCUT2D eigenvalue weighted by Gasteiger charge is 2.08. The zero-order valence-corrected chi connectivity index (χ0v) is 11.4. The summed E-state index contributed by atoms with van der Waals surface area (Å²) in [5.41, 5.74) is 2.93. The highest BCUT2D eigenvalue weighted by atomic mass is 16.3. The number of aryl methyl sites for hydroxylation is 1. The topological polar surface area (TPSA) is 82.5 Å². The first-order chi connectivity index (χ1) is 10.2. The van der Waals surface area contributed by atoms with Crippen LogP contribution in [0.4, 0.5) is 11.5 Å². The van der Waals surface area contributed by atoms with Crippen LogP contribution in [0.1, 0.15) is 11.3 Å². The van der Waals surface area contributed by atoms with Crippen LogP contribution in [0.5, 0.6) is 5.75 Å². The first-order valence-corrected chi connectivity index (χ1v) is 6.46. The highest BCUT2D eigenvalue weighted by Crippen LogP contribution is 2.24. The first-order valence-electron chi connectivity index (χ1n) is 6.46. The van der Waals surface area contributed by atoms with Gasteiger partial charge < -0.3 is 10.2 Å². The van der Waals surface area contributed by atoms with Crippen LogP contribution in [0.15, 0.2) is 52.8 Å². The Morgan fingerprint density at radius 1 is 1.10 bits per heavy atom. The molecule has 0 aliphatic carbocycles. The Morgan fingerprint density at radius 3 is 2.57 bits per heavy atom. The van der Waals surface area contributed by atoms with Gasteiger partial charge in [0.1, 0.15) is 11.4 Å². The van der Waals surface area contributed by atoms with Gasteiger partial charge in [-0.25, -0.2) is 4.98 Å². The third-order valence-electron chi connectivity index (χ3n) is 3.11. The molecule has 0 amide bonds. The van der Waals surface area contributed by atoms with Crippen molar-refractivity contribution in [1.82, 2.24) is 9.38 Å². The summed E-state index contributed by atoms with van der Waals surface area (Å²) in [5, 5.41) is 26.8. The molecule has 3 aromatic rings. The Hall–Kier alpha value is -2.73. The maximum atomic E-state index is 9.24. The maximum Gasteiger partial charge on any atom is 0.182 e. The number of phenolic OH excluding ortho intramolecular Hbond substituents is 1. The standard InChI is InChI=1S/C15H14N4O2/c1-10-15(18-17-12-3-5-13(21)6-4-12)19-8-11(9-20)2-7-14(19)16-10/h2-8,20-21H,9H2,1H3. The van der Waals surface area contributed by atoms with Gasteiger partial charge in [-0.3, -0.25) is 4.40 Å². The number of aromatic nitrogens is 2. The van der Waals surface area contributed by atoms with Gasteiger partial charge in [-0.1, -0.05) is 6.07 Å². The molecule has 0 atom stereocenters. The van der Waals surface area contributed by atoms with E-state index in [2.05, 4.69) is 15.2 Å². The second kappa shape index (κ2) is 5.34. The van der Waals surface area contributed by atoms with Crippen molar-refractivity contribution in [2.45, 2.75) is 13.5 Å². The minimum Gasteiger partial charge on any atom is -0.508 e. The summed E-state index contributed by atoms with van der Waals surface area (Å²) in [6.07, 6.45) is 1.79. The quantitative estimate of drug-likeness (QED) is 0.723. The number of aliphatic hydroxyl groups excluding tert-OH is 1. The number of hydrogen-bond donors (Lipinski definition) is 2. The Bertz CT molecular complexity index is 806. The lowest BCUT2D eigenvalue weighted by atomic mass is 10.3. The van der Waals surface area contributed by atoms with Gasteiger partial charge in [-0.15, -0.1) is 10.2 Å². The van der Waals surface area contributed by atoms with Gasteiger partial charge in [0, 0.05) is 6.20 Å². The minimum absolute atomic E-state index is 0.0400. The molecular formula is C15H14N4O2. The molecule has 0 unspecified atom stereocenters. The van der Waals surface area contributed by atoms with E-state index in [4.69, 9.17) is 0 Å². The lowest BCUT2D eigenvalue weighted by Gasteiger charge is -2.00. The molecule has 0 saturated carbocycles. The summed E-state index contributed by atoms with van der Waals surface area (Å²) in [5.74, 6) is 0.806. The number of hydrogen-bond acceptors (Lipinski definition) is 5. The van der Waals surface area contributed by atoms with Crippen LogP contribution in [0.3, 0.4) is 0 Å². The van der Waals surface area contributed by atoms with Gasteiger partial charge in [-0.2, -0.15) is 0 Å². The smallest absolute Gasteiger partial charge is 0.182 e. The summed E-state index contributed by atoms with van der Waals surface area (Å²) in [6, 6.07) is 10.1. The second-order valence-electron chi connectivity index (χ2n) is 4.66. The fourth-order valence-corrected chi connectivity index (χ4v) is 2.03. The number of azo groups is 1. The molecule has 2 heterocycles. The summed E-state index contributed by atoms with van der Waals surface area (Å²) >= 11 is 0. The van der Waals surface area contributed by atoms with Crippen LogP contribution in [0, 0.1) is 6.92 Å². The molecule has 21 heavy (non-hydrogen) atoms. The van der Waals surface area contributed by atoms with E-state index in [-0.39, 0.29) is 12.4 Å².